The molecule has 0 aliphatic carbocycles. The van der Waals surface area contributed by atoms with Crippen LogP contribution in [-0.4, -0.2) is 32.6 Å². The summed E-state index contributed by atoms with van der Waals surface area (Å²) in [6.45, 7) is 8.30. The molecule has 1 aromatic carbocycles. The third kappa shape index (κ3) is 3.27. The fourth-order valence-corrected chi connectivity index (χ4v) is 2.88. The third-order valence-corrected chi connectivity index (χ3v) is 3.90. The second-order valence-corrected chi connectivity index (χ2v) is 6.13. The second kappa shape index (κ2) is 6.39. The number of aromatic amines is 1. The van der Waals surface area contributed by atoms with Crippen molar-refractivity contribution in [2.75, 3.05) is 6.54 Å². The number of benzene rings is 1. The summed E-state index contributed by atoms with van der Waals surface area (Å²) in [6, 6.07) is 5.94. The maximum atomic E-state index is 12.6. The molecule has 3 rings (SSSR count). The molecule has 124 valence electrons. The molecule has 1 amide bonds. The van der Waals surface area contributed by atoms with Crippen LogP contribution in [0, 0.1) is 27.7 Å². The van der Waals surface area contributed by atoms with E-state index in [1.165, 1.54) is 0 Å². The Bertz CT molecular complexity index is 913. The number of H-pyrrole nitrogens is 1. The minimum Gasteiger partial charge on any atom is -0.352 e. The molecule has 6 heteroatoms. The van der Waals surface area contributed by atoms with E-state index in [0.717, 1.165) is 33.5 Å². The number of amides is 1. The molecule has 0 unspecified atom stereocenters. The van der Waals surface area contributed by atoms with Gasteiger partial charge in [-0.15, -0.1) is 0 Å². The van der Waals surface area contributed by atoms with E-state index in [9.17, 15) is 4.79 Å². The van der Waals surface area contributed by atoms with Crippen molar-refractivity contribution in [3.05, 3.63) is 52.2 Å². The average molecular weight is 323 g/mol. The van der Waals surface area contributed by atoms with Crippen LogP contribution >= 0.6 is 0 Å². The highest BCUT2D eigenvalue weighted by Crippen LogP contribution is 2.23. The molecule has 2 N–H and O–H groups in total. The summed E-state index contributed by atoms with van der Waals surface area (Å²) < 4.78 is 0. The number of rotatable bonds is 4. The lowest BCUT2D eigenvalue weighted by Gasteiger charge is -2.11. The minimum atomic E-state index is -0.0947. The van der Waals surface area contributed by atoms with Crippen LogP contribution in [-0.2, 0) is 6.42 Å². The number of aryl methyl sites for hydroxylation is 4. The highest BCUT2D eigenvalue weighted by atomic mass is 16.1. The molecule has 0 aliphatic rings. The summed E-state index contributed by atoms with van der Waals surface area (Å²) in [5, 5.41) is 10.7. The SMILES string of the molecule is Cc1cc(C)c2nc(C)cc(C(=O)NCCc3n[nH]c(C)n3)c2c1. The van der Waals surface area contributed by atoms with E-state index < -0.39 is 0 Å². The van der Waals surface area contributed by atoms with Crippen LogP contribution < -0.4 is 5.32 Å². The Morgan fingerprint density at radius 1 is 1.12 bits per heavy atom. The second-order valence-electron chi connectivity index (χ2n) is 6.13. The monoisotopic (exact) mass is 323 g/mol. The maximum absolute atomic E-state index is 12.6. The Labute approximate surface area is 140 Å². The molecule has 0 saturated heterocycles. The smallest absolute Gasteiger partial charge is 0.252 e. The van der Waals surface area contributed by atoms with Crippen LogP contribution in [0.3, 0.4) is 0 Å². The number of nitrogens with zero attached hydrogens (tertiary/aromatic N) is 3. The Balaban J connectivity index is 1.83. The molecule has 0 bridgehead atoms. The van der Waals surface area contributed by atoms with Gasteiger partial charge in [0.1, 0.15) is 5.82 Å². The lowest BCUT2D eigenvalue weighted by atomic mass is 10.0. The molecular weight excluding hydrogens is 302 g/mol. The van der Waals surface area contributed by atoms with E-state index in [4.69, 9.17) is 0 Å². The summed E-state index contributed by atoms with van der Waals surface area (Å²) in [4.78, 5) is 21.5. The van der Waals surface area contributed by atoms with Crippen LogP contribution in [0.5, 0.6) is 0 Å². The molecule has 2 heterocycles. The van der Waals surface area contributed by atoms with Crippen LogP contribution in [0.25, 0.3) is 10.9 Å². The zero-order chi connectivity index (χ0) is 17.3. The molecule has 0 atom stereocenters. The average Bonchev–Trinajstić information content (AvgIpc) is 2.93. The normalized spacial score (nSPS) is 11.0. The van der Waals surface area contributed by atoms with Gasteiger partial charge in [-0.1, -0.05) is 11.6 Å². The number of hydrogen-bond acceptors (Lipinski definition) is 4. The minimum absolute atomic E-state index is 0.0947. The Morgan fingerprint density at radius 2 is 1.92 bits per heavy atom. The maximum Gasteiger partial charge on any atom is 0.252 e. The highest BCUT2D eigenvalue weighted by Gasteiger charge is 2.14. The Hall–Kier alpha value is -2.76. The van der Waals surface area contributed by atoms with Crippen LogP contribution in [0.4, 0.5) is 0 Å². The zero-order valence-corrected chi connectivity index (χ0v) is 14.4. The lowest BCUT2D eigenvalue weighted by Crippen LogP contribution is -2.26. The standard InChI is InChI=1S/C18H21N5O/c1-10-7-11(2)17-14(8-10)15(9-12(3)20-17)18(24)19-6-5-16-21-13(4)22-23-16/h7-9H,5-6H2,1-4H3,(H,19,24)(H,21,22,23). The number of pyridine rings is 1. The Morgan fingerprint density at radius 3 is 2.62 bits per heavy atom. The molecule has 3 aromatic rings. The van der Waals surface area contributed by atoms with Gasteiger partial charge in [0.25, 0.3) is 5.91 Å². The van der Waals surface area contributed by atoms with E-state index in [2.05, 4.69) is 31.5 Å². The summed E-state index contributed by atoms with van der Waals surface area (Å²) in [5.74, 6) is 1.39. The fraction of sp³-hybridized carbons (Fsp3) is 0.333. The van der Waals surface area contributed by atoms with E-state index in [-0.39, 0.29) is 5.91 Å². The van der Waals surface area contributed by atoms with E-state index in [0.29, 0.717) is 24.4 Å². The predicted molar refractivity (Wildman–Crippen MR) is 93.1 cm³/mol. The topological polar surface area (TPSA) is 83.6 Å². The van der Waals surface area contributed by atoms with E-state index in [1.807, 2.05) is 39.8 Å². The largest absolute Gasteiger partial charge is 0.352 e. The van der Waals surface area contributed by atoms with Gasteiger partial charge in [-0.2, -0.15) is 5.10 Å². The van der Waals surface area contributed by atoms with E-state index >= 15 is 0 Å². The number of hydrogen-bond donors (Lipinski definition) is 2. The molecule has 2 aromatic heterocycles. The van der Waals surface area contributed by atoms with Crippen molar-refractivity contribution in [3.63, 3.8) is 0 Å². The first-order valence-electron chi connectivity index (χ1n) is 7.98. The van der Waals surface area contributed by atoms with Crippen molar-refractivity contribution in [1.29, 1.82) is 0 Å². The van der Waals surface area contributed by atoms with Crippen LogP contribution in [0.2, 0.25) is 0 Å². The van der Waals surface area contributed by atoms with Gasteiger partial charge in [-0.05, 0) is 45.4 Å². The van der Waals surface area contributed by atoms with Gasteiger partial charge in [0.2, 0.25) is 0 Å². The molecule has 0 radical (unpaired) electrons. The molecule has 6 nitrogen and oxygen atoms in total. The molecule has 0 spiro atoms. The van der Waals surface area contributed by atoms with Crippen LogP contribution in [0.1, 0.15) is 38.8 Å². The first-order chi connectivity index (χ1) is 11.4. The quantitative estimate of drug-likeness (QED) is 0.773. The van der Waals surface area contributed by atoms with Gasteiger partial charge in [-0.3, -0.25) is 14.9 Å². The van der Waals surface area contributed by atoms with Gasteiger partial charge in [0, 0.05) is 24.0 Å². The number of carbonyl (C=O) groups excluding carboxylic acids is 1. The first-order valence-corrected chi connectivity index (χ1v) is 7.98. The zero-order valence-electron chi connectivity index (χ0n) is 14.4. The highest BCUT2D eigenvalue weighted by molar-refractivity contribution is 6.07. The molecular formula is C18H21N5O. The van der Waals surface area contributed by atoms with Crippen molar-refractivity contribution in [2.45, 2.75) is 34.1 Å². The number of carbonyl (C=O) groups is 1. The summed E-state index contributed by atoms with van der Waals surface area (Å²) in [6.07, 6.45) is 0.593. The number of aromatic nitrogens is 4. The van der Waals surface area contributed by atoms with Gasteiger partial charge in [0.05, 0.1) is 11.1 Å². The lowest BCUT2D eigenvalue weighted by molar-refractivity contribution is 0.0955. The molecule has 24 heavy (non-hydrogen) atoms. The summed E-state index contributed by atoms with van der Waals surface area (Å²) >= 11 is 0. The van der Waals surface area contributed by atoms with Crippen molar-refractivity contribution >= 4 is 16.8 Å². The first kappa shape index (κ1) is 16.1. The van der Waals surface area contributed by atoms with Crippen molar-refractivity contribution in [2.24, 2.45) is 0 Å². The third-order valence-electron chi connectivity index (χ3n) is 3.90. The van der Waals surface area contributed by atoms with Crippen molar-refractivity contribution < 1.29 is 4.79 Å². The van der Waals surface area contributed by atoms with Crippen molar-refractivity contribution in [3.8, 4) is 0 Å². The van der Waals surface area contributed by atoms with Crippen molar-refractivity contribution in [1.82, 2.24) is 25.5 Å². The number of nitrogens with one attached hydrogen (secondary N) is 2. The molecule has 0 saturated carbocycles. The summed E-state index contributed by atoms with van der Waals surface area (Å²) in [5.41, 5.74) is 4.59. The van der Waals surface area contributed by atoms with Gasteiger partial charge in [-0.25, -0.2) is 4.98 Å². The number of fused-ring (bicyclic) bond motifs is 1. The van der Waals surface area contributed by atoms with Crippen LogP contribution in [0.15, 0.2) is 18.2 Å². The van der Waals surface area contributed by atoms with Gasteiger partial charge >= 0.3 is 0 Å². The Kier molecular flexibility index (Phi) is 4.29. The molecule has 0 fully saturated rings. The van der Waals surface area contributed by atoms with Gasteiger partial charge < -0.3 is 5.32 Å². The summed E-state index contributed by atoms with van der Waals surface area (Å²) in [7, 11) is 0. The molecule has 0 aliphatic heterocycles. The fourth-order valence-electron chi connectivity index (χ4n) is 2.88. The predicted octanol–water partition coefficient (Wildman–Crippen LogP) is 2.56. The van der Waals surface area contributed by atoms with Gasteiger partial charge in [0.15, 0.2) is 5.82 Å². The van der Waals surface area contributed by atoms with E-state index in [1.54, 1.807) is 0 Å².